The minimum absolute atomic E-state index is 0.149. The highest BCUT2D eigenvalue weighted by molar-refractivity contribution is 9.10. The molecule has 2 saturated carbocycles. The van der Waals surface area contributed by atoms with Crippen molar-refractivity contribution in [2.75, 3.05) is 0 Å². The van der Waals surface area contributed by atoms with Crippen LogP contribution >= 0.6 is 15.9 Å². The molecule has 6 atom stereocenters. The molecule has 0 radical (unpaired) electrons. The monoisotopic (exact) mass is 405 g/mol. The summed E-state index contributed by atoms with van der Waals surface area (Å²) in [5.74, 6) is 0.485. The molecule has 4 rings (SSSR count). The van der Waals surface area contributed by atoms with E-state index < -0.39 is 11.6 Å². The van der Waals surface area contributed by atoms with Crippen LogP contribution in [0.3, 0.4) is 0 Å². The molecular weight excluding hydrogens is 382 g/mol. The second-order valence-electron chi connectivity index (χ2n) is 7.81. The van der Waals surface area contributed by atoms with Crippen molar-refractivity contribution in [3.05, 3.63) is 34.6 Å². The zero-order valence-electron chi connectivity index (χ0n) is 14.4. The molecule has 1 aromatic heterocycles. The first kappa shape index (κ1) is 17.2. The lowest BCUT2D eigenvalue weighted by Gasteiger charge is -2.48. The summed E-state index contributed by atoms with van der Waals surface area (Å²) in [6.45, 7) is 1.92. The topological polar surface area (TPSA) is 59.4 Å². The Bertz CT molecular complexity index is 689. The number of hydrogen-bond acceptors (Lipinski definition) is 4. The van der Waals surface area contributed by atoms with Crippen LogP contribution in [0.4, 0.5) is 0 Å². The van der Waals surface area contributed by atoms with E-state index in [9.17, 15) is 9.90 Å². The van der Waals surface area contributed by atoms with Crippen LogP contribution in [0.2, 0.25) is 0 Å². The summed E-state index contributed by atoms with van der Waals surface area (Å²) < 4.78 is 6.42. The van der Waals surface area contributed by atoms with Gasteiger partial charge in [-0.1, -0.05) is 25.3 Å². The van der Waals surface area contributed by atoms with Crippen molar-refractivity contribution in [2.24, 2.45) is 23.7 Å². The Morgan fingerprint density at radius 1 is 1.36 bits per heavy atom. The molecule has 134 valence electrons. The summed E-state index contributed by atoms with van der Waals surface area (Å²) in [6.07, 6.45) is 11.0. The van der Waals surface area contributed by atoms with Gasteiger partial charge in [-0.25, -0.2) is 4.79 Å². The molecule has 1 saturated heterocycles. The number of hydrogen-bond donors (Lipinski definition) is 1. The van der Waals surface area contributed by atoms with Crippen molar-refractivity contribution < 1.29 is 14.6 Å². The summed E-state index contributed by atoms with van der Waals surface area (Å²) in [4.78, 5) is 16.8. The predicted molar refractivity (Wildman–Crippen MR) is 98.5 cm³/mol. The van der Waals surface area contributed by atoms with Gasteiger partial charge in [-0.15, -0.1) is 0 Å². The molecule has 0 aromatic carbocycles. The zero-order valence-corrected chi connectivity index (χ0v) is 16.0. The van der Waals surface area contributed by atoms with Crippen molar-refractivity contribution in [1.29, 1.82) is 0 Å². The number of pyridine rings is 1. The number of aliphatic hydroxyl groups is 1. The maximum atomic E-state index is 12.4. The highest BCUT2D eigenvalue weighted by Crippen LogP contribution is 2.55. The third-order valence-corrected chi connectivity index (χ3v) is 6.86. The minimum atomic E-state index is -1.32. The van der Waals surface area contributed by atoms with Gasteiger partial charge in [0.25, 0.3) is 0 Å². The Kier molecular flexibility index (Phi) is 4.49. The van der Waals surface area contributed by atoms with Crippen LogP contribution in [0.1, 0.15) is 44.7 Å². The summed E-state index contributed by atoms with van der Waals surface area (Å²) in [7, 11) is 0. The molecule has 3 aliphatic rings. The van der Waals surface area contributed by atoms with Crippen LogP contribution in [0.25, 0.3) is 6.08 Å². The molecule has 0 unspecified atom stereocenters. The van der Waals surface area contributed by atoms with Crippen LogP contribution in [0.15, 0.2) is 28.9 Å². The first-order valence-corrected chi connectivity index (χ1v) is 10.0. The van der Waals surface area contributed by atoms with Gasteiger partial charge in [0.2, 0.25) is 0 Å². The van der Waals surface area contributed by atoms with Gasteiger partial charge in [-0.2, -0.15) is 0 Å². The summed E-state index contributed by atoms with van der Waals surface area (Å²) in [5, 5.41) is 11.2. The number of allylic oxidation sites excluding steroid dienone is 1. The number of cyclic esters (lactones) is 1. The molecule has 3 fully saturated rings. The number of carbonyl (C=O) groups excluding carboxylic acids is 1. The SMILES string of the molecule is C[C@H]1OC(=O)[C@]2(O)C[C@@H]3CCCC[C@H]3[C@H](C=Cc3ccc(Br)cn3)[C@H]12. The first-order valence-electron chi connectivity index (χ1n) is 9.22. The third kappa shape index (κ3) is 2.95. The lowest BCUT2D eigenvalue weighted by molar-refractivity contribution is -0.162. The van der Waals surface area contributed by atoms with Gasteiger partial charge in [0.05, 0.1) is 5.69 Å². The van der Waals surface area contributed by atoms with Gasteiger partial charge >= 0.3 is 5.97 Å². The maximum absolute atomic E-state index is 12.4. The molecule has 0 amide bonds. The van der Waals surface area contributed by atoms with E-state index in [-0.39, 0.29) is 17.9 Å². The van der Waals surface area contributed by atoms with Crippen molar-refractivity contribution in [3.63, 3.8) is 0 Å². The van der Waals surface area contributed by atoms with Crippen LogP contribution in [0, 0.1) is 23.7 Å². The second kappa shape index (κ2) is 6.51. The predicted octanol–water partition coefficient (Wildman–Crippen LogP) is 3.98. The van der Waals surface area contributed by atoms with E-state index >= 15 is 0 Å². The third-order valence-electron chi connectivity index (χ3n) is 6.39. The Hall–Kier alpha value is -1.20. The van der Waals surface area contributed by atoms with E-state index in [0.29, 0.717) is 18.3 Å². The molecule has 2 aliphatic carbocycles. The normalized spacial score (nSPS) is 40.6. The molecule has 1 aromatic rings. The summed E-state index contributed by atoms with van der Waals surface area (Å²) in [6, 6.07) is 3.94. The van der Waals surface area contributed by atoms with E-state index in [1.165, 1.54) is 19.3 Å². The molecular formula is C20H24BrNO3. The molecule has 25 heavy (non-hydrogen) atoms. The summed E-state index contributed by atoms with van der Waals surface area (Å²) in [5.41, 5.74) is -0.428. The Morgan fingerprint density at radius 2 is 2.16 bits per heavy atom. The number of rotatable bonds is 2. The standard InChI is InChI=1S/C20H24BrNO3/c1-12-18-17(9-8-15-7-6-14(21)11-22-15)16-5-3-2-4-13(16)10-20(18,24)19(23)25-12/h6-9,11-13,16-18,24H,2-5,10H2,1H3/t12-,13+,16-,17+,18+,20+/m1/s1. The Labute approximate surface area is 156 Å². The van der Waals surface area contributed by atoms with Crippen molar-refractivity contribution >= 4 is 28.0 Å². The second-order valence-corrected chi connectivity index (χ2v) is 8.73. The zero-order chi connectivity index (χ0) is 17.6. The van der Waals surface area contributed by atoms with Crippen LogP contribution in [-0.2, 0) is 9.53 Å². The summed E-state index contributed by atoms with van der Waals surface area (Å²) >= 11 is 3.40. The highest BCUT2D eigenvalue weighted by atomic mass is 79.9. The number of aromatic nitrogens is 1. The van der Waals surface area contributed by atoms with Gasteiger partial charge in [0, 0.05) is 16.6 Å². The van der Waals surface area contributed by atoms with Crippen LogP contribution < -0.4 is 0 Å². The Balaban J connectivity index is 1.68. The van der Waals surface area contributed by atoms with Crippen LogP contribution in [0.5, 0.6) is 0 Å². The van der Waals surface area contributed by atoms with E-state index in [1.54, 1.807) is 6.20 Å². The molecule has 0 spiro atoms. The fourth-order valence-corrected chi connectivity index (χ4v) is 5.57. The highest BCUT2D eigenvalue weighted by Gasteiger charge is 2.63. The lowest BCUT2D eigenvalue weighted by Crippen LogP contribution is -2.54. The molecule has 0 bridgehead atoms. The number of esters is 1. The number of halogens is 1. The van der Waals surface area contributed by atoms with Crippen LogP contribution in [-0.4, -0.2) is 27.8 Å². The smallest absolute Gasteiger partial charge is 0.338 e. The number of nitrogens with zero attached hydrogens (tertiary/aromatic N) is 1. The van der Waals surface area contributed by atoms with Gasteiger partial charge in [0.1, 0.15) is 6.10 Å². The van der Waals surface area contributed by atoms with Crippen molar-refractivity contribution in [3.8, 4) is 0 Å². The molecule has 5 heteroatoms. The number of fused-ring (bicyclic) bond motifs is 2. The fourth-order valence-electron chi connectivity index (χ4n) is 5.34. The maximum Gasteiger partial charge on any atom is 0.338 e. The van der Waals surface area contributed by atoms with Crippen molar-refractivity contribution in [2.45, 2.75) is 50.7 Å². The minimum Gasteiger partial charge on any atom is -0.460 e. The van der Waals surface area contributed by atoms with Gasteiger partial charge in [-0.05, 0) is 71.7 Å². The van der Waals surface area contributed by atoms with E-state index in [4.69, 9.17) is 4.74 Å². The van der Waals surface area contributed by atoms with Gasteiger partial charge in [-0.3, -0.25) is 4.98 Å². The van der Waals surface area contributed by atoms with Gasteiger partial charge in [0.15, 0.2) is 5.60 Å². The molecule has 1 N–H and O–H groups in total. The van der Waals surface area contributed by atoms with E-state index in [2.05, 4.69) is 27.0 Å². The Morgan fingerprint density at radius 3 is 2.92 bits per heavy atom. The van der Waals surface area contributed by atoms with Crippen molar-refractivity contribution in [1.82, 2.24) is 4.98 Å². The first-order chi connectivity index (χ1) is 12.0. The number of ether oxygens (including phenoxy) is 1. The molecule has 1 aliphatic heterocycles. The average Bonchev–Trinajstić information content (AvgIpc) is 2.82. The largest absolute Gasteiger partial charge is 0.460 e. The quantitative estimate of drug-likeness (QED) is 0.755. The van der Waals surface area contributed by atoms with Gasteiger partial charge < -0.3 is 9.84 Å². The molecule has 2 heterocycles. The lowest BCUT2D eigenvalue weighted by atomic mass is 9.56. The van der Waals surface area contributed by atoms with E-state index in [1.807, 2.05) is 25.1 Å². The molecule has 4 nitrogen and oxygen atoms in total. The van der Waals surface area contributed by atoms with E-state index in [0.717, 1.165) is 16.6 Å². The fraction of sp³-hybridized carbons (Fsp3) is 0.600. The number of carbonyl (C=O) groups is 1. The average molecular weight is 406 g/mol.